The van der Waals surface area contributed by atoms with Crippen molar-refractivity contribution in [3.05, 3.63) is 52.6 Å². The van der Waals surface area contributed by atoms with Gasteiger partial charge in [-0.2, -0.15) is 0 Å². The second kappa shape index (κ2) is 7.47. The topological polar surface area (TPSA) is 51.2 Å². The summed E-state index contributed by atoms with van der Waals surface area (Å²) >= 11 is 0. The summed E-state index contributed by atoms with van der Waals surface area (Å²) in [6, 6.07) is 10.7. The lowest BCUT2D eigenvalue weighted by Crippen LogP contribution is -2.45. The fraction of sp³-hybridized carbons (Fsp3) is 0.519. The van der Waals surface area contributed by atoms with E-state index in [1.807, 2.05) is 11.0 Å². The Hall–Kier alpha value is -2.57. The third-order valence-electron chi connectivity index (χ3n) is 8.16. The van der Waals surface area contributed by atoms with Crippen molar-refractivity contribution in [3.8, 4) is 11.5 Å². The summed E-state index contributed by atoms with van der Waals surface area (Å²) < 4.78 is 18.0. The first-order valence-electron chi connectivity index (χ1n) is 12.5. The highest BCUT2D eigenvalue weighted by Gasteiger charge is 2.58. The van der Waals surface area contributed by atoms with Gasteiger partial charge in [-0.1, -0.05) is 12.1 Å². The standard InChI is InChI=1S/C27H30N2O4/c30-26-27(17-33-24-14-23-18(8-12-32-23)13-21(24)27)25-19(15-28-9-1-2-10-28)5-3-7-22(25)29(26)16-20-6-4-11-31-20/h3,5,7,13-14,20H,1-2,4,6,8-12,15-17H2. The molecule has 5 aliphatic rings. The Morgan fingerprint density at radius 2 is 1.94 bits per heavy atom. The molecular weight excluding hydrogens is 416 g/mol. The van der Waals surface area contributed by atoms with Crippen LogP contribution < -0.4 is 14.4 Å². The van der Waals surface area contributed by atoms with Crippen molar-refractivity contribution >= 4 is 11.6 Å². The molecule has 2 saturated heterocycles. The highest BCUT2D eigenvalue weighted by molar-refractivity contribution is 6.12. The third kappa shape index (κ3) is 2.90. The van der Waals surface area contributed by atoms with Gasteiger partial charge in [0, 0.05) is 42.5 Å². The number of hydrogen-bond acceptors (Lipinski definition) is 5. The molecule has 1 spiro atoms. The normalized spacial score (nSPS) is 27.7. The number of carbonyl (C=O) groups is 1. The molecule has 6 nitrogen and oxygen atoms in total. The molecule has 5 heterocycles. The second-order valence-electron chi connectivity index (χ2n) is 10.1. The average Bonchev–Trinajstić information content (AvgIpc) is 3.64. The number of anilines is 1. The van der Waals surface area contributed by atoms with Gasteiger partial charge in [-0.05, 0) is 62.0 Å². The minimum atomic E-state index is -0.781. The number of ether oxygens (including phenoxy) is 3. The summed E-state index contributed by atoms with van der Waals surface area (Å²) in [4.78, 5) is 18.9. The number of carbonyl (C=O) groups excluding carboxylic acids is 1. The molecule has 0 aromatic heterocycles. The Morgan fingerprint density at radius 1 is 1.03 bits per heavy atom. The molecule has 0 aliphatic carbocycles. The number of hydrogen-bond donors (Lipinski definition) is 0. The minimum Gasteiger partial charge on any atom is -0.493 e. The zero-order valence-electron chi connectivity index (χ0n) is 19.0. The van der Waals surface area contributed by atoms with Crippen LogP contribution in [0.2, 0.25) is 0 Å². The quantitative estimate of drug-likeness (QED) is 0.720. The molecule has 0 bridgehead atoms. The number of likely N-dealkylation sites (tertiary alicyclic amines) is 1. The lowest BCUT2D eigenvalue weighted by atomic mass is 9.74. The van der Waals surface area contributed by atoms with Crippen LogP contribution >= 0.6 is 0 Å². The molecule has 0 saturated carbocycles. The van der Waals surface area contributed by atoms with Gasteiger partial charge in [-0.3, -0.25) is 9.69 Å². The predicted octanol–water partition coefficient (Wildman–Crippen LogP) is 3.42. The van der Waals surface area contributed by atoms with Crippen molar-refractivity contribution in [2.75, 3.05) is 44.4 Å². The molecule has 2 fully saturated rings. The van der Waals surface area contributed by atoms with Gasteiger partial charge >= 0.3 is 0 Å². The zero-order chi connectivity index (χ0) is 22.0. The van der Waals surface area contributed by atoms with Crippen molar-refractivity contribution in [1.82, 2.24) is 4.90 Å². The Morgan fingerprint density at radius 3 is 2.79 bits per heavy atom. The summed E-state index contributed by atoms with van der Waals surface area (Å²) in [6.07, 6.45) is 5.57. The largest absolute Gasteiger partial charge is 0.493 e. The van der Waals surface area contributed by atoms with Crippen LogP contribution in [0.25, 0.3) is 0 Å². The van der Waals surface area contributed by atoms with Crippen molar-refractivity contribution in [3.63, 3.8) is 0 Å². The molecule has 172 valence electrons. The van der Waals surface area contributed by atoms with E-state index < -0.39 is 5.41 Å². The van der Waals surface area contributed by atoms with Crippen molar-refractivity contribution < 1.29 is 19.0 Å². The lowest BCUT2D eigenvalue weighted by Gasteiger charge is -2.26. The molecule has 0 N–H and O–H groups in total. The van der Waals surface area contributed by atoms with Crippen molar-refractivity contribution in [2.24, 2.45) is 0 Å². The summed E-state index contributed by atoms with van der Waals surface area (Å²) in [6.45, 7) is 5.60. The molecule has 6 heteroatoms. The first kappa shape index (κ1) is 19.9. The van der Waals surface area contributed by atoms with Gasteiger partial charge < -0.3 is 19.1 Å². The number of fused-ring (bicyclic) bond motifs is 5. The van der Waals surface area contributed by atoms with E-state index in [1.165, 1.54) is 24.0 Å². The molecule has 0 radical (unpaired) electrons. The Kier molecular flexibility index (Phi) is 4.50. The van der Waals surface area contributed by atoms with E-state index in [1.54, 1.807) is 0 Å². The van der Waals surface area contributed by atoms with Gasteiger partial charge in [0.05, 0.1) is 19.3 Å². The van der Waals surface area contributed by atoms with Crippen LogP contribution in [-0.4, -0.2) is 56.4 Å². The number of nitrogens with zero attached hydrogens (tertiary/aromatic N) is 2. The highest BCUT2D eigenvalue weighted by Crippen LogP contribution is 2.55. The molecule has 2 atom stereocenters. The predicted molar refractivity (Wildman–Crippen MR) is 124 cm³/mol. The molecule has 2 aromatic rings. The molecular formula is C27H30N2O4. The molecule has 2 aromatic carbocycles. The molecule has 5 aliphatic heterocycles. The van der Waals surface area contributed by atoms with E-state index in [2.05, 4.69) is 29.2 Å². The van der Waals surface area contributed by atoms with Crippen LogP contribution in [-0.2, 0) is 27.9 Å². The number of rotatable bonds is 4. The first-order chi connectivity index (χ1) is 16.2. The summed E-state index contributed by atoms with van der Waals surface area (Å²) in [5, 5.41) is 0. The van der Waals surface area contributed by atoms with E-state index in [9.17, 15) is 4.79 Å². The van der Waals surface area contributed by atoms with Crippen LogP contribution in [0.15, 0.2) is 30.3 Å². The molecule has 2 unspecified atom stereocenters. The Balaban J connectivity index is 1.38. The van der Waals surface area contributed by atoms with Gasteiger partial charge in [0.1, 0.15) is 23.5 Å². The van der Waals surface area contributed by atoms with Gasteiger partial charge in [0.25, 0.3) is 0 Å². The monoisotopic (exact) mass is 446 g/mol. The summed E-state index contributed by atoms with van der Waals surface area (Å²) in [5.41, 5.74) is 4.87. The average molecular weight is 447 g/mol. The highest BCUT2D eigenvalue weighted by atomic mass is 16.5. The van der Waals surface area contributed by atoms with Crippen LogP contribution in [0.1, 0.15) is 47.9 Å². The fourth-order valence-electron chi connectivity index (χ4n) is 6.54. The van der Waals surface area contributed by atoms with E-state index in [0.717, 1.165) is 73.8 Å². The van der Waals surface area contributed by atoms with Crippen molar-refractivity contribution in [2.45, 2.75) is 50.2 Å². The summed E-state index contributed by atoms with van der Waals surface area (Å²) in [7, 11) is 0. The first-order valence-corrected chi connectivity index (χ1v) is 12.5. The van der Waals surface area contributed by atoms with Gasteiger partial charge in [-0.25, -0.2) is 0 Å². The maximum absolute atomic E-state index is 14.4. The summed E-state index contributed by atoms with van der Waals surface area (Å²) in [5.74, 6) is 1.84. The molecule has 33 heavy (non-hydrogen) atoms. The third-order valence-corrected chi connectivity index (χ3v) is 8.16. The fourth-order valence-corrected chi connectivity index (χ4v) is 6.54. The SMILES string of the molecule is O=C1N(CC2CCCO2)c2cccc(CN3CCCC3)c2C12COc1cc3c(cc12)CCO3. The van der Waals surface area contributed by atoms with Crippen LogP contribution in [0, 0.1) is 0 Å². The smallest absolute Gasteiger partial charge is 0.245 e. The maximum Gasteiger partial charge on any atom is 0.245 e. The number of amides is 1. The molecule has 1 amide bonds. The van der Waals surface area contributed by atoms with Crippen LogP contribution in [0.4, 0.5) is 5.69 Å². The van der Waals surface area contributed by atoms with E-state index in [0.29, 0.717) is 19.8 Å². The van der Waals surface area contributed by atoms with Gasteiger partial charge in [0.15, 0.2) is 0 Å². The maximum atomic E-state index is 14.4. The van der Waals surface area contributed by atoms with Crippen LogP contribution in [0.3, 0.4) is 0 Å². The lowest BCUT2D eigenvalue weighted by molar-refractivity contribution is -0.122. The second-order valence-corrected chi connectivity index (χ2v) is 10.1. The zero-order valence-corrected chi connectivity index (χ0v) is 19.0. The van der Waals surface area contributed by atoms with Crippen molar-refractivity contribution in [1.29, 1.82) is 0 Å². The van der Waals surface area contributed by atoms with E-state index in [4.69, 9.17) is 14.2 Å². The van der Waals surface area contributed by atoms with E-state index >= 15 is 0 Å². The van der Waals surface area contributed by atoms with Crippen LogP contribution in [0.5, 0.6) is 11.5 Å². The van der Waals surface area contributed by atoms with Gasteiger partial charge in [-0.15, -0.1) is 0 Å². The Bertz CT molecular complexity index is 1120. The molecule has 7 rings (SSSR count). The minimum absolute atomic E-state index is 0.106. The Labute approximate surface area is 194 Å². The van der Waals surface area contributed by atoms with E-state index in [-0.39, 0.29) is 12.0 Å². The van der Waals surface area contributed by atoms with Gasteiger partial charge in [0.2, 0.25) is 5.91 Å². The number of benzene rings is 2.